The van der Waals surface area contributed by atoms with Gasteiger partial charge >= 0.3 is 0 Å². The molecule has 0 spiro atoms. The number of nitrogens with zero attached hydrogens (tertiary/aromatic N) is 2. The maximum atomic E-state index is 4.63. The predicted molar refractivity (Wildman–Crippen MR) is 94.0 cm³/mol. The van der Waals surface area contributed by atoms with E-state index in [-0.39, 0.29) is 0 Å². The zero-order chi connectivity index (χ0) is 15.9. The highest BCUT2D eigenvalue weighted by Crippen LogP contribution is 2.17. The molecule has 0 aliphatic heterocycles. The van der Waals surface area contributed by atoms with E-state index in [9.17, 15) is 0 Å². The summed E-state index contributed by atoms with van der Waals surface area (Å²) in [5, 5.41) is 6.51. The molecule has 1 heterocycles. The summed E-state index contributed by atoms with van der Waals surface area (Å²) in [6.07, 6.45) is 3.54. The van der Waals surface area contributed by atoms with Crippen molar-refractivity contribution in [1.82, 2.24) is 15.3 Å². The summed E-state index contributed by atoms with van der Waals surface area (Å²) in [6, 6.07) is 18.6. The van der Waals surface area contributed by atoms with Crippen LogP contribution in [0.5, 0.6) is 0 Å². The lowest BCUT2D eigenvalue weighted by Crippen LogP contribution is -2.06. The third-order valence-corrected chi connectivity index (χ3v) is 3.55. The smallest absolute Gasteiger partial charge is 0.145 e. The second-order valence-electron chi connectivity index (χ2n) is 5.36. The third-order valence-electron chi connectivity index (χ3n) is 3.55. The summed E-state index contributed by atoms with van der Waals surface area (Å²) in [6.45, 7) is 1.60. The average molecular weight is 304 g/mol. The van der Waals surface area contributed by atoms with Gasteiger partial charge in [0, 0.05) is 18.7 Å². The quantitative estimate of drug-likeness (QED) is 0.732. The Morgan fingerprint density at radius 3 is 2.43 bits per heavy atom. The van der Waals surface area contributed by atoms with E-state index in [2.05, 4.69) is 44.9 Å². The first-order valence-corrected chi connectivity index (χ1v) is 7.69. The van der Waals surface area contributed by atoms with Crippen LogP contribution in [-0.2, 0) is 13.1 Å². The zero-order valence-corrected chi connectivity index (χ0v) is 13.2. The summed E-state index contributed by atoms with van der Waals surface area (Å²) in [5.74, 6) is 0.783. The molecule has 0 aliphatic rings. The molecule has 0 fully saturated rings. The van der Waals surface area contributed by atoms with Gasteiger partial charge in [-0.3, -0.25) is 4.98 Å². The molecular weight excluding hydrogens is 284 g/mol. The van der Waals surface area contributed by atoms with Gasteiger partial charge in [-0.1, -0.05) is 54.6 Å². The van der Waals surface area contributed by atoms with Crippen molar-refractivity contribution in [3.8, 4) is 11.3 Å². The molecule has 0 saturated carbocycles. The highest BCUT2D eigenvalue weighted by Gasteiger charge is 2.02. The van der Waals surface area contributed by atoms with Crippen molar-refractivity contribution in [1.29, 1.82) is 0 Å². The van der Waals surface area contributed by atoms with E-state index in [1.165, 1.54) is 11.1 Å². The number of hydrogen-bond acceptors (Lipinski definition) is 4. The molecule has 0 aliphatic carbocycles. The summed E-state index contributed by atoms with van der Waals surface area (Å²) in [4.78, 5) is 8.92. The molecule has 0 amide bonds. The van der Waals surface area contributed by atoms with Crippen LogP contribution in [0.3, 0.4) is 0 Å². The molecule has 0 bridgehead atoms. The van der Waals surface area contributed by atoms with Crippen LogP contribution in [0.25, 0.3) is 11.3 Å². The van der Waals surface area contributed by atoms with E-state index < -0.39 is 0 Å². The van der Waals surface area contributed by atoms with E-state index in [4.69, 9.17) is 0 Å². The fourth-order valence-electron chi connectivity index (χ4n) is 2.45. The van der Waals surface area contributed by atoms with Gasteiger partial charge < -0.3 is 10.6 Å². The van der Waals surface area contributed by atoms with Gasteiger partial charge in [0.15, 0.2) is 0 Å². The number of benzene rings is 2. The third kappa shape index (κ3) is 4.14. The number of nitrogens with one attached hydrogen (secondary N) is 2. The van der Waals surface area contributed by atoms with Crippen molar-refractivity contribution in [2.45, 2.75) is 13.1 Å². The van der Waals surface area contributed by atoms with Crippen molar-refractivity contribution in [2.75, 3.05) is 12.4 Å². The van der Waals surface area contributed by atoms with Crippen molar-refractivity contribution < 1.29 is 0 Å². The van der Waals surface area contributed by atoms with Crippen molar-refractivity contribution in [2.24, 2.45) is 0 Å². The van der Waals surface area contributed by atoms with Crippen LogP contribution in [-0.4, -0.2) is 17.0 Å². The minimum atomic E-state index is 0.727. The first-order chi connectivity index (χ1) is 11.3. The Bertz CT molecular complexity index is 756. The molecule has 4 nitrogen and oxygen atoms in total. The SMILES string of the molecule is CNCc1cccc(CNc2cncc(-c3ccccc3)n2)c1. The van der Waals surface area contributed by atoms with Gasteiger partial charge in [0.2, 0.25) is 0 Å². The zero-order valence-electron chi connectivity index (χ0n) is 13.2. The predicted octanol–water partition coefficient (Wildman–Crippen LogP) is 3.48. The van der Waals surface area contributed by atoms with Crippen LogP contribution < -0.4 is 10.6 Å². The van der Waals surface area contributed by atoms with E-state index in [1.807, 2.05) is 37.4 Å². The highest BCUT2D eigenvalue weighted by atomic mass is 15.0. The lowest BCUT2D eigenvalue weighted by Gasteiger charge is -2.08. The largest absolute Gasteiger partial charge is 0.365 e. The molecule has 2 aromatic carbocycles. The Hall–Kier alpha value is -2.72. The van der Waals surface area contributed by atoms with E-state index in [0.717, 1.165) is 30.2 Å². The van der Waals surface area contributed by atoms with Gasteiger partial charge in [-0.05, 0) is 18.2 Å². The molecule has 23 heavy (non-hydrogen) atoms. The molecule has 0 atom stereocenters. The fraction of sp³-hybridized carbons (Fsp3) is 0.158. The van der Waals surface area contributed by atoms with Gasteiger partial charge in [-0.25, -0.2) is 4.98 Å². The van der Waals surface area contributed by atoms with Gasteiger partial charge in [-0.15, -0.1) is 0 Å². The van der Waals surface area contributed by atoms with Crippen molar-refractivity contribution in [3.05, 3.63) is 78.1 Å². The lowest BCUT2D eigenvalue weighted by molar-refractivity contribution is 0.816. The standard InChI is InChI=1S/C19H20N4/c1-20-11-15-6-5-7-16(10-15)12-22-19-14-21-13-18(23-19)17-8-3-2-4-9-17/h2-10,13-14,20H,11-12H2,1H3,(H,22,23). The highest BCUT2D eigenvalue weighted by molar-refractivity contribution is 5.59. The minimum absolute atomic E-state index is 0.727. The molecule has 0 unspecified atom stereocenters. The lowest BCUT2D eigenvalue weighted by atomic mass is 10.1. The molecule has 0 radical (unpaired) electrons. The van der Waals surface area contributed by atoms with Gasteiger partial charge in [-0.2, -0.15) is 0 Å². The Morgan fingerprint density at radius 2 is 1.65 bits per heavy atom. The number of anilines is 1. The topological polar surface area (TPSA) is 49.8 Å². The molecule has 2 N–H and O–H groups in total. The molecule has 0 saturated heterocycles. The monoisotopic (exact) mass is 304 g/mol. The van der Waals surface area contributed by atoms with Crippen LogP contribution in [0.2, 0.25) is 0 Å². The number of rotatable bonds is 6. The Balaban J connectivity index is 1.70. The van der Waals surface area contributed by atoms with Gasteiger partial charge in [0.05, 0.1) is 18.1 Å². The van der Waals surface area contributed by atoms with Crippen LogP contribution in [0, 0.1) is 0 Å². The Morgan fingerprint density at radius 1 is 0.870 bits per heavy atom. The summed E-state index contributed by atoms with van der Waals surface area (Å²) in [7, 11) is 1.95. The molecular formula is C19H20N4. The first kappa shape index (κ1) is 15.2. The second-order valence-corrected chi connectivity index (χ2v) is 5.36. The second kappa shape index (κ2) is 7.51. The average Bonchev–Trinajstić information content (AvgIpc) is 2.62. The van der Waals surface area contributed by atoms with Crippen LogP contribution in [0.15, 0.2) is 67.0 Å². The van der Waals surface area contributed by atoms with Crippen LogP contribution in [0.1, 0.15) is 11.1 Å². The van der Waals surface area contributed by atoms with E-state index in [1.54, 1.807) is 12.4 Å². The molecule has 4 heteroatoms. The van der Waals surface area contributed by atoms with Crippen LogP contribution in [0.4, 0.5) is 5.82 Å². The maximum Gasteiger partial charge on any atom is 0.145 e. The Kier molecular flexibility index (Phi) is 4.96. The summed E-state index contributed by atoms with van der Waals surface area (Å²) < 4.78 is 0. The fourth-order valence-corrected chi connectivity index (χ4v) is 2.45. The maximum absolute atomic E-state index is 4.63. The van der Waals surface area contributed by atoms with Gasteiger partial charge in [0.1, 0.15) is 5.82 Å². The molecule has 3 rings (SSSR count). The molecule has 1 aromatic heterocycles. The number of hydrogen-bond donors (Lipinski definition) is 2. The van der Waals surface area contributed by atoms with E-state index >= 15 is 0 Å². The van der Waals surface area contributed by atoms with Crippen molar-refractivity contribution >= 4 is 5.82 Å². The normalized spacial score (nSPS) is 10.5. The molecule has 116 valence electrons. The van der Waals surface area contributed by atoms with Crippen LogP contribution >= 0.6 is 0 Å². The van der Waals surface area contributed by atoms with Gasteiger partial charge in [0.25, 0.3) is 0 Å². The number of aromatic nitrogens is 2. The Labute approximate surface area is 136 Å². The van der Waals surface area contributed by atoms with E-state index in [0.29, 0.717) is 0 Å². The molecule has 3 aromatic rings. The summed E-state index contributed by atoms with van der Waals surface area (Å²) in [5.41, 5.74) is 4.44. The minimum Gasteiger partial charge on any atom is -0.365 e. The van der Waals surface area contributed by atoms with Crippen molar-refractivity contribution in [3.63, 3.8) is 0 Å². The first-order valence-electron chi connectivity index (χ1n) is 7.69. The summed E-state index contributed by atoms with van der Waals surface area (Å²) >= 11 is 0.